The van der Waals surface area contributed by atoms with E-state index in [0.717, 1.165) is 17.4 Å². The van der Waals surface area contributed by atoms with Gasteiger partial charge in [-0.25, -0.2) is 9.37 Å². The number of anilines is 1. The molecule has 0 aliphatic rings. The fourth-order valence-corrected chi connectivity index (χ4v) is 2.38. The van der Waals surface area contributed by atoms with Crippen LogP contribution in [0.15, 0.2) is 60.7 Å². The molecule has 0 spiro atoms. The van der Waals surface area contributed by atoms with Crippen LogP contribution in [0, 0.1) is 5.82 Å². The van der Waals surface area contributed by atoms with E-state index in [9.17, 15) is 9.18 Å². The van der Waals surface area contributed by atoms with Gasteiger partial charge in [-0.05, 0) is 35.9 Å². The number of hydrogen-bond donors (Lipinski definition) is 2. The molecule has 0 fully saturated rings. The molecule has 0 bridgehead atoms. The first-order chi connectivity index (χ1) is 12.5. The second-order valence-corrected chi connectivity index (χ2v) is 5.79. The topological polar surface area (TPSA) is 77.2 Å². The standard InChI is InChI=1S/C19H15ClFN3O2/c20-17-16(21)10-15(18(22)24-17)19(25)23-11-12-6-8-14(9-7-12)26-13-4-2-1-3-5-13/h1-10H,11H2,(H2,22,24)(H,23,25). The SMILES string of the molecule is Nc1nc(Cl)c(F)cc1C(=O)NCc1ccc(Oc2ccccc2)cc1. The Kier molecular flexibility index (Phi) is 5.34. The smallest absolute Gasteiger partial charge is 0.255 e. The first-order valence-electron chi connectivity index (χ1n) is 7.74. The summed E-state index contributed by atoms with van der Waals surface area (Å²) in [6.07, 6.45) is 0. The molecular weight excluding hydrogens is 357 g/mol. The summed E-state index contributed by atoms with van der Waals surface area (Å²) in [5.74, 6) is -0.0371. The molecule has 0 unspecified atom stereocenters. The van der Waals surface area contributed by atoms with Crippen molar-refractivity contribution in [1.82, 2.24) is 10.3 Å². The maximum absolute atomic E-state index is 13.5. The predicted octanol–water partition coefficient (Wildman–Crippen LogP) is 4.18. The number of nitrogen functional groups attached to an aromatic ring is 1. The summed E-state index contributed by atoms with van der Waals surface area (Å²) in [5, 5.41) is 2.29. The number of ether oxygens (including phenoxy) is 1. The van der Waals surface area contributed by atoms with Gasteiger partial charge in [0.05, 0.1) is 5.56 Å². The Morgan fingerprint density at radius 1 is 1.12 bits per heavy atom. The number of rotatable bonds is 5. The van der Waals surface area contributed by atoms with E-state index in [1.807, 2.05) is 42.5 Å². The highest BCUT2D eigenvalue weighted by Crippen LogP contribution is 2.21. The van der Waals surface area contributed by atoms with Gasteiger partial charge in [0.15, 0.2) is 11.0 Å². The third-order valence-corrected chi connectivity index (χ3v) is 3.83. The van der Waals surface area contributed by atoms with Crippen LogP contribution in [0.1, 0.15) is 15.9 Å². The van der Waals surface area contributed by atoms with Crippen LogP contribution in [0.3, 0.4) is 0 Å². The second kappa shape index (κ2) is 7.84. The lowest BCUT2D eigenvalue weighted by Gasteiger charge is -2.09. The molecule has 1 heterocycles. The van der Waals surface area contributed by atoms with Crippen molar-refractivity contribution < 1.29 is 13.9 Å². The quantitative estimate of drug-likeness (QED) is 0.659. The van der Waals surface area contributed by atoms with Gasteiger partial charge >= 0.3 is 0 Å². The van der Waals surface area contributed by atoms with E-state index in [-0.39, 0.29) is 23.1 Å². The first-order valence-corrected chi connectivity index (χ1v) is 8.12. The zero-order chi connectivity index (χ0) is 18.5. The molecule has 1 amide bonds. The number of para-hydroxylation sites is 1. The van der Waals surface area contributed by atoms with Crippen molar-refractivity contribution in [3.05, 3.63) is 82.8 Å². The van der Waals surface area contributed by atoms with E-state index in [0.29, 0.717) is 5.75 Å². The molecule has 5 nitrogen and oxygen atoms in total. The molecule has 0 aliphatic carbocycles. The number of nitrogens with zero attached hydrogens (tertiary/aromatic N) is 1. The fraction of sp³-hybridized carbons (Fsp3) is 0.0526. The molecule has 26 heavy (non-hydrogen) atoms. The normalized spacial score (nSPS) is 10.4. The Bertz CT molecular complexity index is 918. The minimum absolute atomic E-state index is 0.0593. The Morgan fingerprint density at radius 3 is 2.46 bits per heavy atom. The minimum atomic E-state index is -0.798. The average molecular weight is 372 g/mol. The Balaban J connectivity index is 1.61. The van der Waals surface area contributed by atoms with Gasteiger partial charge in [-0.3, -0.25) is 4.79 Å². The second-order valence-electron chi connectivity index (χ2n) is 5.44. The van der Waals surface area contributed by atoms with Crippen LogP contribution in [-0.4, -0.2) is 10.9 Å². The van der Waals surface area contributed by atoms with Crippen molar-refractivity contribution in [2.75, 3.05) is 5.73 Å². The number of nitrogens with two attached hydrogens (primary N) is 1. The molecular formula is C19H15ClFN3O2. The number of hydrogen-bond acceptors (Lipinski definition) is 4. The largest absolute Gasteiger partial charge is 0.457 e. The van der Waals surface area contributed by atoms with Crippen LogP contribution >= 0.6 is 11.6 Å². The molecule has 3 aromatic rings. The summed E-state index contributed by atoms with van der Waals surface area (Å²) in [4.78, 5) is 15.7. The molecule has 0 saturated carbocycles. The zero-order valence-electron chi connectivity index (χ0n) is 13.6. The van der Waals surface area contributed by atoms with Crippen LogP contribution in [0.5, 0.6) is 11.5 Å². The van der Waals surface area contributed by atoms with E-state index in [1.54, 1.807) is 12.1 Å². The highest BCUT2D eigenvalue weighted by Gasteiger charge is 2.14. The summed E-state index contributed by atoms with van der Waals surface area (Å²) < 4.78 is 19.2. The van der Waals surface area contributed by atoms with Gasteiger partial charge in [0.1, 0.15) is 17.3 Å². The Morgan fingerprint density at radius 2 is 1.77 bits per heavy atom. The van der Waals surface area contributed by atoms with Crippen molar-refractivity contribution in [2.24, 2.45) is 0 Å². The number of amides is 1. The van der Waals surface area contributed by atoms with E-state index in [2.05, 4.69) is 10.3 Å². The highest BCUT2D eigenvalue weighted by molar-refractivity contribution is 6.29. The number of carbonyl (C=O) groups excluding carboxylic acids is 1. The van der Waals surface area contributed by atoms with E-state index >= 15 is 0 Å². The van der Waals surface area contributed by atoms with Gasteiger partial charge in [0, 0.05) is 6.54 Å². The number of benzene rings is 2. The van der Waals surface area contributed by atoms with Crippen molar-refractivity contribution in [3.8, 4) is 11.5 Å². The first kappa shape index (κ1) is 17.7. The van der Waals surface area contributed by atoms with Crippen LogP contribution in [0.2, 0.25) is 5.15 Å². The third-order valence-electron chi connectivity index (χ3n) is 3.56. The molecule has 1 aromatic heterocycles. The van der Waals surface area contributed by atoms with Gasteiger partial charge in [-0.1, -0.05) is 41.9 Å². The lowest BCUT2D eigenvalue weighted by atomic mass is 10.2. The molecule has 0 saturated heterocycles. The van der Waals surface area contributed by atoms with Crippen molar-refractivity contribution in [1.29, 1.82) is 0 Å². The predicted molar refractivity (Wildman–Crippen MR) is 97.7 cm³/mol. The summed E-state index contributed by atoms with van der Waals surface area (Å²) in [7, 11) is 0. The third kappa shape index (κ3) is 4.29. The molecule has 2 aromatic carbocycles. The Hall–Kier alpha value is -3.12. The summed E-state index contributed by atoms with van der Waals surface area (Å²) in [6, 6.07) is 17.6. The van der Waals surface area contributed by atoms with Crippen LogP contribution in [0.4, 0.5) is 10.2 Å². The summed E-state index contributed by atoms with van der Waals surface area (Å²) >= 11 is 5.53. The van der Waals surface area contributed by atoms with Crippen molar-refractivity contribution >= 4 is 23.3 Å². The molecule has 0 atom stereocenters. The Labute approximate surface area is 154 Å². The number of aromatic nitrogens is 1. The monoisotopic (exact) mass is 371 g/mol. The van der Waals surface area contributed by atoms with Crippen molar-refractivity contribution in [3.63, 3.8) is 0 Å². The lowest BCUT2D eigenvalue weighted by Crippen LogP contribution is -2.24. The maximum Gasteiger partial charge on any atom is 0.255 e. The van der Waals surface area contributed by atoms with E-state index in [1.165, 1.54) is 0 Å². The molecule has 3 N–H and O–H groups in total. The molecule has 0 aliphatic heterocycles. The van der Waals surface area contributed by atoms with Gasteiger partial charge in [-0.15, -0.1) is 0 Å². The molecule has 0 radical (unpaired) electrons. The molecule has 132 valence electrons. The zero-order valence-corrected chi connectivity index (χ0v) is 14.3. The minimum Gasteiger partial charge on any atom is -0.457 e. The maximum atomic E-state index is 13.5. The van der Waals surface area contributed by atoms with Crippen LogP contribution < -0.4 is 15.8 Å². The number of carbonyl (C=O) groups is 1. The summed E-state index contributed by atoms with van der Waals surface area (Å²) in [6.45, 7) is 0.244. The van der Waals surface area contributed by atoms with E-state index in [4.69, 9.17) is 22.1 Å². The van der Waals surface area contributed by atoms with Gasteiger partial charge in [0.25, 0.3) is 5.91 Å². The highest BCUT2D eigenvalue weighted by atomic mass is 35.5. The van der Waals surface area contributed by atoms with Crippen LogP contribution in [-0.2, 0) is 6.54 Å². The molecule has 7 heteroatoms. The lowest BCUT2D eigenvalue weighted by molar-refractivity contribution is 0.0951. The van der Waals surface area contributed by atoms with Gasteiger partial charge in [0.2, 0.25) is 0 Å². The van der Waals surface area contributed by atoms with Gasteiger partial charge < -0.3 is 15.8 Å². The number of halogens is 2. The van der Waals surface area contributed by atoms with E-state index < -0.39 is 11.7 Å². The summed E-state index contributed by atoms with van der Waals surface area (Å²) in [5.41, 5.74) is 6.40. The fourth-order valence-electron chi connectivity index (χ4n) is 2.24. The van der Waals surface area contributed by atoms with Crippen molar-refractivity contribution in [2.45, 2.75) is 6.54 Å². The average Bonchev–Trinajstić information content (AvgIpc) is 2.65. The van der Waals surface area contributed by atoms with Gasteiger partial charge in [-0.2, -0.15) is 0 Å². The molecule has 3 rings (SSSR count). The number of nitrogens with one attached hydrogen (secondary N) is 1. The number of pyridine rings is 1. The van der Waals surface area contributed by atoms with Crippen LogP contribution in [0.25, 0.3) is 0 Å².